The van der Waals surface area contributed by atoms with Gasteiger partial charge in [0.2, 0.25) is 5.88 Å². The monoisotopic (exact) mass is 442 g/mol. The average molecular weight is 442 g/mol. The standard InChI is InChI=1S/C19H14F4N2O4S/c1-28-12-4-6-13(7-5-12)29-18-17(3-2-10-24-18)25-30(26,27)14-8-9-16(20)15(11-14)19(21,22)23/h2-11,25H,1H3. The van der Waals surface area contributed by atoms with Crippen molar-refractivity contribution in [3.8, 4) is 17.4 Å². The summed E-state index contributed by atoms with van der Waals surface area (Å²) in [5.74, 6) is -0.826. The third-order valence-electron chi connectivity index (χ3n) is 3.84. The Hall–Kier alpha value is -3.34. The number of sulfonamides is 1. The van der Waals surface area contributed by atoms with Crippen LogP contribution in [0.2, 0.25) is 0 Å². The number of alkyl halides is 3. The van der Waals surface area contributed by atoms with E-state index >= 15 is 0 Å². The minimum absolute atomic E-state index is 0.119. The van der Waals surface area contributed by atoms with Gasteiger partial charge in [0.25, 0.3) is 10.0 Å². The maximum atomic E-state index is 13.5. The predicted octanol–water partition coefficient (Wildman–Crippen LogP) is 4.84. The first-order valence-electron chi connectivity index (χ1n) is 8.26. The Kier molecular flexibility index (Phi) is 5.83. The van der Waals surface area contributed by atoms with Crippen LogP contribution < -0.4 is 14.2 Å². The molecule has 0 amide bonds. The Morgan fingerprint density at radius 1 is 1.00 bits per heavy atom. The van der Waals surface area contributed by atoms with E-state index in [1.54, 1.807) is 24.3 Å². The highest BCUT2D eigenvalue weighted by Gasteiger charge is 2.35. The van der Waals surface area contributed by atoms with Gasteiger partial charge in [-0.05, 0) is 54.6 Å². The van der Waals surface area contributed by atoms with Crippen LogP contribution >= 0.6 is 0 Å². The number of ether oxygens (including phenoxy) is 2. The van der Waals surface area contributed by atoms with E-state index in [-0.39, 0.29) is 17.6 Å². The zero-order valence-corrected chi connectivity index (χ0v) is 16.1. The van der Waals surface area contributed by atoms with Gasteiger partial charge >= 0.3 is 6.18 Å². The van der Waals surface area contributed by atoms with Crippen molar-refractivity contribution in [2.24, 2.45) is 0 Å². The summed E-state index contributed by atoms with van der Waals surface area (Å²) in [6.45, 7) is 0. The van der Waals surface area contributed by atoms with Crippen LogP contribution in [0.25, 0.3) is 0 Å². The molecule has 3 aromatic rings. The number of methoxy groups -OCH3 is 1. The molecule has 6 nitrogen and oxygen atoms in total. The van der Waals surface area contributed by atoms with Gasteiger partial charge < -0.3 is 9.47 Å². The zero-order valence-electron chi connectivity index (χ0n) is 15.3. The summed E-state index contributed by atoms with van der Waals surface area (Å²) >= 11 is 0. The highest BCUT2D eigenvalue weighted by molar-refractivity contribution is 7.92. The normalized spacial score (nSPS) is 11.8. The summed E-state index contributed by atoms with van der Waals surface area (Å²) in [4.78, 5) is 3.18. The second-order valence-corrected chi connectivity index (χ2v) is 7.56. The first-order chi connectivity index (χ1) is 14.1. The second-order valence-electron chi connectivity index (χ2n) is 5.88. The Morgan fingerprint density at radius 3 is 2.30 bits per heavy atom. The molecular weight excluding hydrogens is 428 g/mol. The number of pyridine rings is 1. The van der Waals surface area contributed by atoms with Crippen molar-refractivity contribution in [3.05, 3.63) is 72.2 Å². The van der Waals surface area contributed by atoms with Gasteiger partial charge in [-0.1, -0.05) is 0 Å². The van der Waals surface area contributed by atoms with Crippen molar-refractivity contribution in [2.45, 2.75) is 11.1 Å². The van der Waals surface area contributed by atoms with Crippen molar-refractivity contribution in [2.75, 3.05) is 11.8 Å². The molecule has 0 radical (unpaired) electrons. The molecule has 0 unspecified atom stereocenters. The van der Waals surface area contributed by atoms with Gasteiger partial charge in [-0.15, -0.1) is 0 Å². The maximum Gasteiger partial charge on any atom is 0.419 e. The number of nitrogens with one attached hydrogen (secondary N) is 1. The van der Waals surface area contributed by atoms with E-state index in [1.807, 2.05) is 0 Å². The minimum Gasteiger partial charge on any atom is -0.497 e. The number of rotatable bonds is 6. The van der Waals surface area contributed by atoms with Crippen molar-refractivity contribution < 1.29 is 35.5 Å². The van der Waals surface area contributed by atoms with Crippen LogP contribution in [-0.4, -0.2) is 20.5 Å². The predicted molar refractivity (Wildman–Crippen MR) is 99.5 cm³/mol. The van der Waals surface area contributed by atoms with Gasteiger partial charge in [0.05, 0.1) is 17.6 Å². The van der Waals surface area contributed by atoms with Crippen LogP contribution in [-0.2, 0) is 16.2 Å². The molecule has 0 aliphatic heterocycles. The van der Waals surface area contributed by atoms with Crippen LogP contribution in [0.1, 0.15) is 5.56 Å². The maximum absolute atomic E-state index is 13.5. The van der Waals surface area contributed by atoms with E-state index in [0.717, 1.165) is 6.07 Å². The van der Waals surface area contributed by atoms with E-state index in [0.29, 0.717) is 17.6 Å². The molecule has 0 atom stereocenters. The van der Waals surface area contributed by atoms with E-state index in [1.165, 1.54) is 25.4 Å². The van der Waals surface area contributed by atoms with Crippen molar-refractivity contribution in [1.82, 2.24) is 4.98 Å². The molecule has 0 aliphatic rings. The highest BCUT2D eigenvalue weighted by Crippen LogP contribution is 2.34. The molecule has 158 valence electrons. The molecule has 0 aliphatic carbocycles. The molecule has 30 heavy (non-hydrogen) atoms. The lowest BCUT2D eigenvalue weighted by Gasteiger charge is -2.14. The van der Waals surface area contributed by atoms with Crippen LogP contribution in [0.3, 0.4) is 0 Å². The number of aromatic nitrogens is 1. The fraction of sp³-hybridized carbons (Fsp3) is 0.105. The Labute approximate surface area is 169 Å². The summed E-state index contributed by atoms with van der Waals surface area (Å²) in [7, 11) is -3.01. The topological polar surface area (TPSA) is 77.5 Å². The lowest BCUT2D eigenvalue weighted by atomic mass is 10.2. The van der Waals surface area contributed by atoms with E-state index in [2.05, 4.69) is 9.71 Å². The Morgan fingerprint density at radius 2 is 1.67 bits per heavy atom. The number of hydrogen-bond donors (Lipinski definition) is 1. The molecule has 1 heterocycles. The highest BCUT2D eigenvalue weighted by atomic mass is 32.2. The summed E-state index contributed by atoms with van der Waals surface area (Å²) in [6, 6.07) is 10.4. The van der Waals surface area contributed by atoms with Gasteiger partial charge in [0, 0.05) is 6.20 Å². The van der Waals surface area contributed by atoms with Gasteiger partial charge in [-0.2, -0.15) is 13.2 Å². The largest absolute Gasteiger partial charge is 0.497 e. The molecule has 0 saturated heterocycles. The average Bonchev–Trinajstić information content (AvgIpc) is 2.69. The second kappa shape index (κ2) is 8.19. The summed E-state index contributed by atoms with van der Waals surface area (Å²) in [5.41, 5.74) is -1.81. The van der Waals surface area contributed by atoms with E-state index < -0.39 is 32.5 Å². The SMILES string of the molecule is COc1ccc(Oc2ncccc2NS(=O)(=O)c2ccc(F)c(C(F)(F)F)c2)cc1. The lowest BCUT2D eigenvalue weighted by molar-refractivity contribution is -0.140. The van der Waals surface area contributed by atoms with E-state index in [9.17, 15) is 26.0 Å². The zero-order chi connectivity index (χ0) is 21.9. The Balaban J connectivity index is 1.91. The third kappa shape index (κ3) is 4.79. The number of halogens is 4. The summed E-state index contributed by atoms with van der Waals surface area (Å²) in [5, 5.41) is 0. The molecule has 1 N–H and O–H groups in total. The fourth-order valence-electron chi connectivity index (χ4n) is 2.40. The van der Waals surface area contributed by atoms with Crippen LogP contribution in [0.15, 0.2) is 65.7 Å². The van der Waals surface area contributed by atoms with Crippen LogP contribution in [0.5, 0.6) is 17.4 Å². The van der Waals surface area contributed by atoms with Crippen molar-refractivity contribution >= 4 is 15.7 Å². The molecule has 0 spiro atoms. The van der Waals surface area contributed by atoms with Crippen LogP contribution in [0, 0.1) is 5.82 Å². The quantitative estimate of drug-likeness (QED) is 0.553. The summed E-state index contributed by atoms with van der Waals surface area (Å²) < 4.78 is 90.1. The van der Waals surface area contributed by atoms with Gasteiger partial charge in [-0.3, -0.25) is 4.72 Å². The molecular formula is C19H14F4N2O4S. The van der Waals surface area contributed by atoms with E-state index in [4.69, 9.17) is 9.47 Å². The molecule has 11 heteroatoms. The molecule has 2 aromatic carbocycles. The lowest BCUT2D eigenvalue weighted by Crippen LogP contribution is -2.16. The first-order valence-corrected chi connectivity index (χ1v) is 9.75. The van der Waals surface area contributed by atoms with Gasteiger partial charge in [0.1, 0.15) is 23.0 Å². The van der Waals surface area contributed by atoms with Crippen molar-refractivity contribution in [3.63, 3.8) is 0 Å². The summed E-state index contributed by atoms with van der Waals surface area (Å²) in [6.07, 6.45) is -3.71. The van der Waals surface area contributed by atoms with Gasteiger partial charge in [-0.25, -0.2) is 17.8 Å². The molecule has 0 bridgehead atoms. The molecule has 0 fully saturated rings. The smallest absolute Gasteiger partial charge is 0.419 e. The first kappa shape index (κ1) is 21.4. The number of hydrogen-bond acceptors (Lipinski definition) is 5. The number of nitrogens with zero attached hydrogens (tertiary/aromatic N) is 1. The van der Waals surface area contributed by atoms with Crippen LogP contribution in [0.4, 0.5) is 23.2 Å². The van der Waals surface area contributed by atoms with Crippen molar-refractivity contribution in [1.29, 1.82) is 0 Å². The molecule has 0 saturated carbocycles. The molecule has 3 rings (SSSR count). The fourth-order valence-corrected chi connectivity index (χ4v) is 3.48. The number of anilines is 1. The minimum atomic E-state index is -5.05. The Bertz CT molecular complexity index is 1150. The number of benzene rings is 2. The third-order valence-corrected chi connectivity index (χ3v) is 5.21. The van der Waals surface area contributed by atoms with Gasteiger partial charge in [0.15, 0.2) is 0 Å². The molecule has 1 aromatic heterocycles.